The third-order valence-electron chi connectivity index (χ3n) is 1.40. The minimum atomic E-state index is -1.59. The number of carbonyl (C=O) groups is 1. The van der Waals surface area contributed by atoms with E-state index in [9.17, 15) is 23.1 Å². The molecule has 0 bridgehead atoms. The molecule has 1 aromatic carbocycles. The molecule has 5 heteroatoms. The molecule has 1 aromatic rings. The third-order valence-corrected chi connectivity index (χ3v) is 1.40. The summed E-state index contributed by atoms with van der Waals surface area (Å²) in [5.74, 6) is -5.37. The van der Waals surface area contributed by atoms with Crippen molar-refractivity contribution in [3.05, 3.63) is 35.1 Å². The fourth-order valence-electron chi connectivity index (χ4n) is 0.893. The number of hydrogen-bond acceptors (Lipinski definition) is 2. The summed E-state index contributed by atoms with van der Waals surface area (Å²) in [5, 5.41) is 10.0. The zero-order chi connectivity index (χ0) is 10.0. The van der Waals surface area contributed by atoms with Gasteiger partial charge in [-0.1, -0.05) is 0 Å². The minimum Gasteiger partial charge on any atom is -0.550 e. The van der Waals surface area contributed by atoms with Gasteiger partial charge in [0.15, 0.2) is 11.6 Å². The largest absolute Gasteiger partial charge is 0.550 e. The maximum atomic E-state index is 12.7. The molecule has 0 atom stereocenters. The molecule has 0 aliphatic carbocycles. The Kier molecular flexibility index (Phi) is 2.55. The van der Waals surface area contributed by atoms with Gasteiger partial charge in [0.05, 0.1) is 0 Å². The van der Waals surface area contributed by atoms with Crippen LogP contribution in [-0.4, -0.2) is 5.97 Å². The SMILES string of the molecule is O=C([O-])Cc1cc(F)cc(F)c1F. The highest BCUT2D eigenvalue weighted by Crippen LogP contribution is 2.14. The van der Waals surface area contributed by atoms with E-state index in [-0.39, 0.29) is 0 Å². The lowest BCUT2D eigenvalue weighted by Gasteiger charge is -2.04. The second-order valence-electron chi connectivity index (χ2n) is 2.41. The first-order valence-corrected chi connectivity index (χ1v) is 3.34. The van der Waals surface area contributed by atoms with Gasteiger partial charge in [0.25, 0.3) is 0 Å². The summed E-state index contributed by atoms with van der Waals surface area (Å²) in [6.45, 7) is 0. The number of hydrogen-bond donors (Lipinski definition) is 0. The van der Waals surface area contributed by atoms with Gasteiger partial charge in [-0.15, -0.1) is 0 Å². The fraction of sp³-hybridized carbons (Fsp3) is 0.125. The Morgan fingerprint density at radius 2 is 1.92 bits per heavy atom. The number of halogens is 3. The van der Waals surface area contributed by atoms with Gasteiger partial charge in [0.2, 0.25) is 0 Å². The Balaban J connectivity index is 3.12. The predicted molar refractivity (Wildman–Crippen MR) is 35.0 cm³/mol. The van der Waals surface area contributed by atoms with Crippen LogP contribution in [0.1, 0.15) is 5.56 Å². The summed E-state index contributed by atoms with van der Waals surface area (Å²) in [6, 6.07) is 0.961. The van der Waals surface area contributed by atoms with E-state index in [1.165, 1.54) is 0 Å². The van der Waals surface area contributed by atoms with Gasteiger partial charge in [0.1, 0.15) is 5.82 Å². The molecule has 70 valence electrons. The van der Waals surface area contributed by atoms with E-state index in [2.05, 4.69) is 0 Å². The normalized spacial score (nSPS) is 10.1. The van der Waals surface area contributed by atoms with Gasteiger partial charge in [-0.2, -0.15) is 0 Å². The summed E-state index contributed by atoms with van der Waals surface area (Å²) in [5.41, 5.74) is -0.558. The van der Waals surface area contributed by atoms with Crippen LogP contribution in [0.3, 0.4) is 0 Å². The molecule has 0 N–H and O–H groups in total. The van der Waals surface area contributed by atoms with Gasteiger partial charge in [-0.25, -0.2) is 13.2 Å². The standard InChI is InChI=1S/C8H5F3O2/c9-5-1-4(2-7(12)13)8(11)6(10)3-5/h1,3H,2H2,(H,12,13)/p-1. The maximum Gasteiger partial charge on any atom is 0.162 e. The van der Waals surface area contributed by atoms with E-state index >= 15 is 0 Å². The lowest BCUT2D eigenvalue weighted by atomic mass is 10.1. The molecular formula is C8H4F3O2-. The second-order valence-corrected chi connectivity index (χ2v) is 2.41. The Hall–Kier alpha value is -1.52. The lowest BCUT2D eigenvalue weighted by Crippen LogP contribution is -2.25. The van der Waals surface area contributed by atoms with Crippen LogP contribution in [0, 0.1) is 17.5 Å². The number of carboxylic acid groups (broad SMARTS) is 1. The molecule has 0 aromatic heterocycles. The molecule has 0 amide bonds. The van der Waals surface area contributed by atoms with Gasteiger partial charge < -0.3 is 9.90 Å². The highest BCUT2D eigenvalue weighted by molar-refractivity contribution is 5.68. The van der Waals surface area contributed by atoms with Crippen molar-refractivity contribution in [2.45, 2.75) is 6.42 Å². The number of rotatable bonds is 2. The molecule has 0 saturated heterocycles. The van der Waals surface area contributed by atoms with Gasteiger partial charge in [-0.05, 0) is 11.6 Å². The summed E-state index contributed by atoms with van der Waals surface area (Å²) < 4.78 is 37.6. The third kappa shape index (κ3) is 2.21. The van der Waals surface area contributed by atoms with Crippen molar-refractivity contribution < 1.29 is 23.1 Å². The van der Waals surface area contributed by atoms with Crippen LogP contribution < -0.4 is 5.11 Å². The van der Waals surface area contributed by atoms with Gasteiger partial charge >= 0.3 is 0 Å². The van der Waals surface area contributed by atoms with Crippen molar-refractivity contribution in [1.82, 2.24) is 0 Å². The Bertz CT molecular complexity index is 349. The Labute approximate surface area is 71.6 Å². The smallest absolute Gasteiger partial charge is 0.162 e. The fourth-order valence-corrected chi connectivity index (χ4v) is 0.893. The summed E-state index contributed by atoms with van der Waals surface area (Å²) in [7, 11) is 0. The van der Waals surface area contributed by atoms with Crippen LogP contribution in [0.25, 0.3) is 0 Å². The number of benzene rings is 1. The average molecular weight is 189 g/mol. The molecule has 0 radical (unpaired) electrons. The molecular weight excluding hydrogens is 185 g/mol. The average Bonchev–Trinajstić information content (AvgIpc) is 1.98. The maximum absolute atomic E-state index is 12.7. The molecule has 0 saturated carbocycles. The predicted octanol–water partition coefficient (Wildman–Crippen LogP) is 0.396. The highest BCUT2D eigenvalue weighted by atomic mass is 19.2. The van der Waals surface area contributed by atoms with Gasteiger partial charge in [-0.3, -0.25) is 0 Å². The molecule has 1 rings (SSSR count). The van der Waals surface area contributed by atoms with Crippen LogP contribution in [0.2, 0.25) is 0 Å². The first kappa shape index (κ1) is 9.57. The molecule has 0 spiro atoms. The second kappa shape index (κ2) is 3.47. The van der Waals surface area contributed by atoms with E-state index in [1.54, 1.807) is 0 Å². The van der Waals surface area contributed by atoms with E-state index in [1.807, 2.05) is 0 Å². The van der Waals surface area contributed by atoms with Gasteiger partial charge in [0, 0.05) is 18.5 Å². The number of carbonyl (C=O) groups excluding carboxylic acids is 1. The highest BCUT2D eigenvalue weighted by Gasteiger charge is 2.10. The van der Waals surface area contributed by atoms with E-state index in [0.717, 1.165) is 0 Å². The topological polar surface area (TPSA) is 40.1 Å². The van der Waals surface area contributed by atoms with Crippen LogP contribution in [0.4, 0.5) is 13.2 Å². The lowest BCUT2D eigenvalue weighted by molar-refractivity contribution is -0.304. The summed E-state index contributed by atoms with van der Waals surface area (Å²) in [4.78, 5) is 10.0. The van der Waals surface area contributed by atoms with Crippen LogP contribution >= 0.6 is 0 Å². The van der Waals surface area contributed by atoms with Crippen LogP contribution in [-0.2, 0) is 11.2 Å². The van der Waals surface area contributed by atoms with Crippen molar-refractivity contribution in [2.24, 2.45) is 0 Å². The molecule has 2 nitrogen and oxygen atoms in total. The van der Waals surface area contributed by atoms with E-state index in [4.69, 9.17) is 0 Å². The van der Waals surface area contributed by atoms with E-state index in [0.29, 0.717) is 12.1 Å². The zero-order valence-corrected chi connectivity index (χ0v) is 6.31. The van der Waals surface area contributed by atoms with Crippen molar-refractivity contribution in [2.75, 3.05) is 0 Å². The van der Waals surface area contributed by atoms with Crippen molar-refractivity contribution >= 4 is 5.97 Å². The first-order valence-electron chi connectivity index (χ1n) is 3.34. The molecule has 0 aliphatic rings. The first-order chi connectivity index (χ1) is 6.00. The molecule has 13 heavy (non-hydrogen) atoms. The van der Waals surface area contributed by atoms with Crippen molar-refractivity contribution in [1.29, 1.82) is 0 Å². The zero-order valence-electron chi connectivity index (χ0n) is 6.31. The van der Waals surface area contributed by atoms with Crippen LogP contribution in [0.15, 0.2) is 12.1 Å². The van der Waals surface area contributed by atoms with Crippen molar-refractivity contribution in [3.8, 4) is 0 Å². The summed E-state index contributed by atoms with van der Waals surface area (Å²) >= 11 is 0. The molecule has 0 unspecified atom stereocenters. The van der Waals surface area contributed by atoms with Crippen molar-refractivity contribution in [3.63, 3.8) is 0 Å². The monoisotopic (exact) mass is 189 g/mol. The Morgan fingerprint density at radius 1 is 1.31 bits per heavy atom. The quantitative estimate of drug-likeness (QED) is 0.631. The molecule has 0 fully saturated rings. The molecule has 0 aliphatic heterocycles. The van der Waals surface area contributed by atoms with Crippen LogP contribution in [0.5, 0.6) is 0 Å². The number of carboxylic acids is 1. The minimum absolute atomic E-state index is 0.341. The molecule has 0 heterocycles. The summed E-state index contributed by atoms with van der Waals surface area (Å²) in [6.07, 6.45) is -0.847. The number of aliphatic carboxylic acids is 1. The Morgan fingerprint density at radius 3 is 2.46 bits per heavy atom. The van der Waals surface area contributed by atoms with E-state index < -0.39 is 35.4 Å².